The second kappa shape index (κ2) is 6.40. The average Bonchev–Trinajstić information content (AvgIpc) is 2.32. The first kappa shape index (κ1) is 14.5. The number of carbonyl (C=O) groups excluding carboxylic acids is 1. The number of phenolic OH excluding ortho intramolecular Hbond substituents is 1. The molecule has 1 aromatic carbocycles. The summed E-state index contributed by atoms with van der Waals surface area (Å²) >= 11 is 0. The predicted molar refractivity (Wildman–Crippen MR) is 72.3 cm³/mol. The Morgan fingerprint density at radius 1 is 1.33 bits per heavy atom. The molecule has 1 amide bonds. The van der Waals surface area contributed by atoms with Crippen molar-refractivity contribution in [1.82, 2.24) is 4.90 Å². The number of nitrogens with zero attached hydrogens (tertiary/aromatic N) is 1. The third-order valence-corrected chi connectivity index (χ3v) is 2.96. The average molecular weight is 250 g/mol. The van der Waals surface area contributed by atoms with E-state index >= 15 is 0 Å². The van der Waals surface area contributed by atoms with Crippen LogP contribution in [0.25, 0.3) is 0 Å². The number of amides is 1. The van der Waals surface area contributed by atoms with Gasteiger partial charge in [-0.25, -0.2) is 0 Å². The highest BCUT2D eigenvalue weighted by molar-refractivity contribution is 5.82. The van der Waals surface area contributed by atoms with Crippen molar-refractivity contribution in [2.45, 2.75) is 39.3 Å². The minimum absolute atomic E-state index is 0.0272. The van der Waals surface area contributed by atoms with Crippen LogP contribution in [0.5, 0.6) is 5.75 Å². The summed E-state index contributed by atoms with van der Waals surface area (Å²) in [6.07, 6.45) is 0.488. The molecule has 1 rings (SSSR count). The molecule has 0 aliphatic heterocycles. The lowest BCUT2D eigenvalue weighted by Gasteiger charge is -2.28. The Bertz CT molecular complexity index is 387. The van der Waals surface area contributed by atoms with Gasteiger partial charge in [-0.05, 0) is 44.9 Å². The summed E-state index contributed by atoms with van der Waals surface area (Å²) in [5.41, 5.74) is 6.90. The van der Waals surface area contributed by atoms with Crippen molar-refractivity contribution >= 4 is 5.91 Å². The normalized spacial score (nSPS) is 12.5. The lowest BCUT2D eigenvalue weighted by molar-refractivity contribution is -0.134. The van der Waals surface area contributed by atoms with Gasteiger partial charge in [0, 0.05) is 12.6 Å². The number of aromatic hydroxyl groups is 1. The molecule has 0 spiro atoms. The van der Waals surface area contributed by atoms with Gasteiger partial charge in [-0.15, -0.1) is 0 Å². The smallest absolute Gasteiger partial charge is 0.240 e. The number of rotatable bonds is 5. The molecule has 1 aromatic rings. The van der Waals surface area contributed by atoms with Crippen molar-refractivity contribution in [2.75, 3.05) is 6.54 Å². The van der Waals surface area contributed by atoms with E-state index in [2.05, 4.69) is 0 Å². The van der Waals surface area contributed by atoms with Crippen molar-refractivity contribution in [2.24, 2.45) is 5.73 Å². The Morgan fingerprint density at radius 3 is 2.33 bits per heavy atom. The van der Waals surface area contributed by atoms with Crippen molar-refractivity contribution in [3.8, 4) is 5.75 Å². The Labute approximate surface area is 108 Å². The van der Waals surface area contributed by atoms with E-state index in [4.69, 9.17) is 5.73 Å². The van der Waals surface area contributed by atoms with Crippen LogP contribution in [0.15, 0.2) is 24.3 Å². The topological polar surface area (TPSA) is 66.6 Å². The third-order valence-electron chi connectivity index (χ3n) is 2.96. The van der Waals surface area contributed by atoms with E-state index in [0.717, 1.165) is 5.56 Å². The maximum atomic E-state index is 12.1. The molecule has 0 saturated heterocycles. The van der Waals surface area contributed by atoms with Gasteiger partial charge in [0.2, 0.25) is 5.91 Å². The molecule has 0 unspecified atom stereocenters. The molecule has 0 saturated carbocycles. The van der Waals surface area contributed by atoms with Gasteiger partial charge >= 0.3 is 0 Å². The zero-order chi connectivity index (χ0) is 13.7. The van der Waals surface area contributed by atoms with Gasteiger partial charge in [-0.3, -0.25) is 4.79 Å². The van der Waals surface area contributed by atoms with Crippen molar-refractivity contribution in [1.29, 1.82) is 0 Å². The molecule has 0 aliphatic carbocycles. The monoisotopic (exact) mass is 250 g/mol. The summed E-state index contributed by atoms with van der Waals surface area (Å²) in [7, 11) is 0. The van der Waals surface area contributed by atoms with E-state index in [1.54, 1.807) is 29.2 Å². The highest BCUT2D eigenvalue weighted by Gasteiger charge is 2.21. The van der Waals surface area contributed by atoms with Crippen LogP contribution in [0.1, 0.15) is 26.3 Å². The second-order valence-electron chi connectivity index (χ2n) is 4.70. The molecule has 100 valence electrons. The van der Waals surface area contributed by atoms with Crippen LogP contribution >= 0.6 is 0 Å². The van der Waals surface area contributed by atoms with E-state index in [1.807, 2.05) is 20.8 Å². The van der Waals surface area contributed by atoms with E-state index in [9.17, 15) is 9.90 Å². The summed E-state index contributed by atoms with van der Waals surface area (Å²) < 4.78 is 0. The summed E-state index contributed by atoms with van der Waals surface area (Å²) in [6, 6.07) is 6.41. The molecular weight excluding hydrogens is 228 g/mol. The number of likely N-dealkylation sites (N-methyl/N-ethyl adjacent to an activating group) is 1. The molecule has 18 heavy (non-hydrogen) atoms. The lowest BCUT2D eigenvalue weighted by Crippen LogP contribution is -2.47. The highest BCUT2D eigenvalue weighted by atomic mass is 16.3. The van der Waals surface area contributed by atoms with Crippen LogP contribution in [-0.2, 0) is 11.2 Å². The second-order valence-corrected chi connectivity index (χ2v) is 4.70. The van der Waals surface area contributed by atoms with Crippen molar-refractivity contribution in [3.63, 3.8) is 0 Å². The summed E-state index contributed by atoms with van der Waals surface area (Å²) in [5, 5.41) is 9.19. The number of hydrogen-bond donors (Lipinski definition) is 2. The van der Waals surface area contributed by atoms with Crippen LogP contribution in [-0.4, -0.2) is 34.5 Å². The fraction of sp³-hybridized carbons (Fsp3) is 0.500. The molecule has 0 aliphatic rings. The maximum absolute atomic E-state index is 12.1. The predicted octanol–water partition coefficient (Wildman–Crippen LogP) is 1.52. The molecule has 0 radical (unpaired) electrons. The quantitative estimate of drug-likeness (QED) is 0.832. The fourth-order valence-electron chi connectivity index (χ4n) is 1.96. The summed E-state index contributed by atoms with van der Waals surface area (Å²) in [5.74, 6) is 0.191. The number of nitrogens with two attached hydrogens (primary N) is 1. The first-order chi connectivity index (χ1) is 8.45. The Kier molecular flexibility index (Phi) is 5.16. The van der Waals surface area contributed by atoms with Gasteiger partial charge in [-0.2, -0.15) is 0 Å². The van der Waals surface area contributed by atoms with E-state index < -0.39 is 6.04 Å². The Balaban J connectivity index is 2.67. The van der Waals surface area contributed by atoms with Crippen LogP contribution < -0.4 is 5.73 Å². The van der Waals surface area contributed by atoms with E-state index in [-0.39, 0.29) is 17.7 Å². The number of phenols is 1. The zero-order valence-electron chi connectivity index (χ0n) is 11.3. The molecule has 0 fully saturated rings. The first-order valence-corrected chi connectivity index (χ1v) is 6.29. The fourth-order valence-corrected chi connectivity index (χ4v) is 1.96. The standard InChI is InChI=1S/C14H22N2O2/c1-4-16(10(2)3)14(18)13(15)9-11-5-7-12(17)8-6-11/h5-8,10,13,17H,4,9,15H2,1-3H3/t13-/m1/s1. The molecule has 3 N–H and O–H groups in total. The lowest BCUT2D eigenvalue weighted by atomic mass is 10.0. The van der Waals surface area contributed by atoms with Crippen LogP contribution in [0.4, 0.5) is 0 Å². The molecule has 0 heterocycles. The molecule has 4 nitrogen and oxygen atoms in total. The first-order valence-electron chi connectivity index (χ1n) is 6.29. The van der Waals surface area contributed by atoms with Crippen LogP contribution in [0.3, 0.4) is 0 Å². The van der Waals surface area contributed by atoms with Crippen LogP contribution in [0, 0.1) is 0 Å². The van der Waals surface area contributed by atoms with Gasteiger partial charge in [0.25, 0.3) is 0 Å². The van der Waals surface area contributed by atoms with Gasteiger partial charge in [0.05, 0.1) is 6.04 Å². The molecule has 1 atom stereocenters. The minimum Gasteiger partial charge on any atom is -0.508 e. The Morgan fingerprint density at radius 2 is 1.89 bits per heavy atom. The van der Waals surface area contributed by atoms with Crippen LogP contribution in [0.2, 0.25) is 0 Å². The van der Waals surface area contributed by atoms with E-state index in [1.165, 1.54) is 0 Å². The number of hydrogen-bond acceptors (Lipinski definition) is 3. The van der Waals surface area contributed by atoms with Gasteiger partial charge in [-0.1, -0.05) is 12.1 Å². The molecular formula is C14H22N2O2. The minimum atomic E-state index is -0.531. The van der Waals surface area contributed by atoms with Gasteiger partial charge in [0.1, 0.15) is 5.75 Å². The third kappa shape index (κ3) is 3.74. The van der Waals surface area contributed by atoms with E-state index in [0.29, 0.717) is 13.0 Å². The maximum Gasteiger partial charge on any atom is 0.240 e. The summed E-state index contributed by atoms with van der Waals surface area (Å²) in [6.45, 7) is 6.58. The SMILES string of the molecule is CCN(C(=O)[C@H](N)Cc1ccc(O)cc1)C(C)C. The molecule has 4 heteroatoms. The molecule has 0 aromatic heterocycles. The zero-order valence-corrected chi connectivity index (χ0v) is 11.3. The number of benzene rings is 1. The van der Waals surface area contributed by atoms with Gasteiger partial charge < -0.3 is 15.7 Å². The van der Waals surface area contributed by atoms with Crippen molar-refractivity contribution < 1.29 is 9.90 Å². The van der Waals surface area contributed by atoms with Crippen molar-refractivity contribution in [3.05, 3.63) is 29.8 Å². The largest absolute Gasteiger partial charge is 0.508 e. The highest BCUT2D eigenvalue weighted by Crippen LogP contribution is 2.12. The Hall–Kier alpha value is -1.55. The number of carbonyl (C=O) groups is 1. The summed E-state index contributed by atoms with van der Waals surface area (Å²) in [4.78, 5) is 13.9. The molecule has 0 bridgehead atoms. The van der Waals surface area contributed by atoms with Gasteiger partial charge in [0.15, 0.2) is 0 Å².